The van der Waals surface area contributed by atoms with E-state index in [4.69, 9.17) is 11.6 Å². The molecule has 1 amide bonds. The second-order valence-electron chi connectivity index (χ2n) is 6.33. The van der Waals surface area contributed by atoms with Crippen LogP contribution in [0.1, 0.15) is 24.2 Å². The van der Waals surface area contributed by atoms with Crippen molar-refractivity contribution in [3.05, 3.63) is 70.9 Å². The van der Waals surface area contributed by atoms with Gasteiger partial charge in [-0.25, -0.2) is 0 Å². The highest BCUT2D eigenvalue weighted by atomic mass is 35.5. The molecule has 5 nitrogen and oxygen atoms in total. The van der Waals surface area contributed by atoms with Gasteiger partial charge in [0.25, 0.3) is 5.91 Å². The first-order valence-corrected chi connectivity index (χ1v) is 8.82. The van der Waals surface area contributed by atoms with Gasteiger partial charge >= 0.3 is 0 Å². The summed E-state index contributed by atoms with van der Waals surface area (Å²) in [6.45, 7) is 3.31. The van der Waals surface area contributed by atoms with E-state index in [0.29, 0.717) is 22.0 Å². The van der Waals surface area contributed by atoms with E-state index >= 15 is 0 Å². The summed E-state index contributed by atoms with van der Waals surface area (Å²) in [5.74, 6) is -0.295. The van der Waals surface area contributed by atoms with E-state index in [1.54, 1.807) is 48.0 Å². The lowest BCUT2D eigenvalue weighted by Gasteiger charge is -2.11. The van der Waals surface area contributed by atoms with Crippen LogP contribution < -0.4 is 5.01 Å². The molecule has 0 spiro atoms. The van der Waals surface area contributed by atoms with Crippen molar-refractivity contribution in [2.75, 3.05) is 5.01 Å². The number of carbonyl (C=O) groups excluding carboxylic acids is 2. The lowest BCUT2D eigenvalue weighted by molar-refractivity contribution is -0.114. The van der Waals surface area contributed by atoms with Gasteiger partial charge in [-0.05, 0) is 43.3 Å². The molecule has 0 saturated carbocycles. The summed E-state index contributed by atoms with van der Waals surface area (Å²) in [7, 11) is 0. The third-order valence-corrected chi connectivity index (χ3v) is 4.77. The first-order valence-electron chi connectivity index (χ1n) is 8.44. The number of amides is 1. The number of fused-ring (bicyclic) bond motifs is 1. The molecule has 1 aliphatic rings. The van der Waals surface area contributed by atoms with Gasteiger partial charge in [0.15, 0.2) is 0 Å². The van der Waals surface area contributed by atoms with E-state index in [2.05, 4.69) is 5.10 Å². The van der Waals surface area contributed by atoms with E-state index in [1.807, 2.05) is 24.3 Å². The van der Waals surface area contributed by atoms with E-state index in [1.165, 1.54) is 11.9 Å². The highest BCUT2D eigenvalue weighted by Gasteiger charge is 2.29. The number of benzene rings is 2. The fourth-order valence-corrected chi connectivity index (χ4v) is 3.30. The summed E-state index contributed by atoms with van der Waals surface area (Å²) in [6, 6.07) is 14.6. The molecule has 0 aliphatic carbocycles. The van der Waals surface area contributed by atoms with Gasteiger partial charge in [0, 0.05) is 29.1 Å². The molecule has 0 fully saturated rings. The standard InChI is InChI=1S/C21H16ClN3O2/c1-13-19(21(27)25(23-13)17-9-7-16(22)8-10-17)11-15-12-24(14(2)26)20-6-4-3-5-18(15)20/h3-12H,1-2H3/b19-11-. The van der Waals surface area contributed by atoms with Crippen LogP contribution in [0.4, 0.5) is 5.69 Å². The monoisotopic (exact) mass is 377 g/mol. The Morgan fingerprint density at radius 3 is 2.52 bits per heavy atom. The van der Waals surface area contributed by atoms with Crippen molar-refractivity contribution >= 4 is 51.8 Å². The lowest BCUT2D eigenvalue weighted by atomic mass is 10.1. The fourth-order valence-electron chi connectivity index (χ4n) is 3.18. The van der Waals surface area contributed by atoms with E-state index in [9.17, 15) is 9.59 Å². The minimum Gasteiger partial charge on any atom is -0.287 e. The van der Waals surface area contributed by atoms with Gasteiger partial charge in [0.2, 0.25) is 5.91 Å². The van der Waals surface area contributed by atoms with Crippen LogP contribution in [-0.4, -0.2) is 22.1 Å². The minimum absolute atomic E-state index is 0.0817. The van der Waals surface area contributed by atoms with Crippen LogP contribution in [0.5, 0.6) is 0 Å². The second kappa shape index (κ2) is 6.52. The summed E-state index contributed by atoms with van der Waals surface area (Å²) in [4.78, 5) is 24.9. The first kappa shape index (κ1) is 17.2. The first-order chi connectivity index (χ1) is 13.0. The van der Waals surface area contributed by atoms with Gasteiger partial charge in [0.05, 0.1) is 22.5 Å². The van der Waals surface area contributed by atoms with Gasteiger partial charge in [-0.15, -0.1) is 0 Å². The summed E-state index contributed by atoms with van der Waals surface area (Å²) in [5.41, 5.74) is 3.38. The van der Waals surface area contributed by atoms with Gasteiger partial charge in [0.1, 0.15) is 0 Å². The van der Waals surface area contributed by atoms with Crippen molar-refractivity contribution in [3.8, 4) is 0 Å². The number of hydrogen-bond acceptors (Lipinski definition) is 3. The van der Waals surface area contributed by atoms with Crippen molar-refractivity contribution in [2.24, 2.45) is 5.10 Å². The Morgan fingerprint density at radius 2 is 1.81 bits per heavy atom. The number of rotatable bonds is 2. The Morgan fingerprint density at radius 1 is 1.11 bits per heavy atom. The van der Waals surface area contributed by atoms with E-state index in [-0.39, 0.29) is 11.8 Å². The molecule has 0 atom stereocenters. The number of nitrogens with zero attached hydrogens (tertiary/aromatic N) is 3. The van der Waals surface area contributed by atoms with Crippen LogP contribution in [0.3, 0.4) is 0 Å². The third kappa shape index (κ3) is 2.96. The molecule has 2 heterocycles. The topological polar surface area (TPSA) is 54.7 Å². The molecule has 1 aliphatic heterocycles. The largest absolute Gasteiger partial charge is 0.287 e. The maximum atomic E-state index is 12.9. The molecule has 1 aromatic heterocycles. The maximum Gasteiger partial charge on any atom is 0.280 e. The van der Waals surface area contributed by atoms with Crippen LogP contribution in [0, 0.1) is 0 Å². The van der Waals surface area contributed by atoms with E-state index in [0.717, 1.165) is 16.5 Å². The Balaban J connectivity index is 1.78. The lowest BCUT2D eigenvalue weighted by Crippen LogP contribution is -2.21. The minimum atomic E-state index is -0.213. The summed E-state index contributed by atoms with van der Waals surface area (Å²) in [6.07, 6.45) is 3.55. The molecule has 27 heavy (non-hydrogen) atoms. The highest BCUT2D eigenvalue weighted by Crippen LogP contribution is 2.29. The average Bonchev–Trinajstić information content (AvgIpc) is 3.16. The number of halogens is 1. The van der Waals surface area contributed by atoms with Crippen LogP contribution in [0.25, 0.3) is 17.0 Å². The SMILES string of the molecule is CC(=O)n1cc(/C=C2\C(=O)N(c3ccc(Cl)cc3)N=C2C)c2ccccc21. The van der Waals surface area contributed by atoms with Gasteiger partial charge < -0.3 is 0 Å². The molecule has 4 rings (SSSR count). The number of aromatic nitrogens is 1. The van der Waals surface area contributed by atoms with Crippen molar-refractivity contribution in [1.82, 2.24) is 4.57 Å². The summed E-state index contributed by atoms with van der Waals surface area (Å²) < 4.78 is 1.59. The third-order valence-electron chi connectivity index (χ3n) is 4.52. The van der Waals surface area contributed by atoms with Crippen LogP contribution in [-0.2, 0) is 4.79 Å². The van der Waals surface area contributed by atoms with Crippen LogP contribution in [0.15, 0.2) is 65.4 Å². The Kier molecular flexibility index (Phi) is 4.16. The quantitative estimate of drug-likeness (QED) is 0.604. The molecule has 0 bridgehead atoms. The van der Waals surface area contributed by atoms with E-state index < -0.39 is 0 Å². The van der Waals surface area contributed by atoms with Crippen molar-refractivity contribution in [3.63, 3.8) is 0 Å². The number of para-hydroxylation sites is 1. The molecule has 0 N–H and O–H groups in total. The molecule has 134 valence electrons. The number of anilines is 1. The molecule has 0 radical (unpaired) electrons. The van der Waals surface area contributed by atoms with Gasteiger partial charge in [-0.1, -0.05) is 29.8 Å². The smallest absolute Gasteiger partial charge is 0.280 e. The number of carbonyl (C=O) groups is 2. The predicted octanol–water partition coefficient (Wildman–Crippen LogP) is 4.76. The Bertz CT molecular complexity index is 1140. The number of hydrazone groups is 1. The highest BCUT2D eigenvalue weighted by molar-refractivity contribution is 6.33. The molecular formula is C21H16ClN3O2. The molecule has 2 aromatic carbocycles. The molecular weight excluding hydrogens is 362 g/mol. The molecule has 0 saturated heterocycles. The Hall–Kier alpha value is -3.18. The zero-order valence-electron chi connectivity index (χ0n) is 14.8. The molecule has 3 aromatic rings. The summed E-state index contributed by atoms with van der Waals surface area (Å²) in [5, 5.41) is 7.25. The van der Waals surface area contributed by atoms with Crippen LogP contribution >= 0.6 is 11.6 Å². The fraction of sp³-hybridized carbons (Fsp3) is 0.0952. The maximum absolute atomic E-state index is 12.9. The van der Waals surface area contributed by atoms with Gasteiger partial charge in [-0.2, -0.15) is 10.1 Å². The number of hydrogen-bond donors (Lipinski definition) is 0. The Labute approximate surface area is 161 Å². The van der Waals surface area contributed by atoms with Crippen LogP contribution in [0.2, 0.25) is 5.02 Å². The molecule has 0 unspecified atom stereocenters. The van der Waals surface area contributed by atoms with Crippen molar-refractivity contribution in [1.29, 1.82) is 0 Å². The zero-order valence-corrected chi connectivity index (χ0v) is 15.6. The van der Waals surface area contributed by atoms with Crippen molar-refractivity contribution in [2.45, 2.75) is 13.8 Å². The zero-order chi connectivity index (χ0) is 19.1. The normalized spacial score (nSPS) is 15.7. The molecule has 6 heteroatoms. The van der Waals surface area contributed by atoms with Crippen molar-refractivity contribution < 1.29 is 9.59 Å². The second-order valence-corrected chi connectivity index (χ2v) is 6.76. The summed E-state index contributed by atoms with van der Waals surface area (Å²) >= 11 is 5.92. The van der Waals surface area contributed by atoms with Gasteiger partial charge in [-0.3, -0.25) is 14.2 Å². The average molecular weight is 378 g/mol. The predicted molar refractivity (Wildman–Crippen MR) is 108 cm³/mol.